The van der Waals surface area contributed by atoms with Crippen LogP contribution in [-0.4, -0.2) is 86.5 Å². The van der Waals surface area contributed by atoms with Gasteiger partial charge in [-0.25, -0.2) is 4.79 Å². The molecule has 0 amide bonds. The molecule has 8 heteroatoms. The molecule has 0 saturated carbocycles. The number of hydrogen-bond donors (Lipinski definition) is 2. The number of unbranched alkanes of at least 4 members (excludes halogenated alkanes) is 3. The minimum absolute atomic E-state index is 0.201. The summed E-state index contributed by atoms with van der Waals surface area (Å²) in [5.74, 6) is -1.65. The zero-order valence-corrected chi connectivity index (χ0v) is 25.2. The first-order valence-corrected chi connectivity index (χ1v) is 14.5. The summed E-state index contributed by atoms with van der Waals surface area (Å²) < 4.78 is 16.0. The second kappa shape index (κ2) is 25.4. The summed E-state index contributed by atoms with van der Waals surface area (Å²) in [6.45, 7) is 2.40. The Balaban J connectivity index is 3.77. The molecular weight excluding hydrogens is 510 g/mol. The summed E-state index contributed by atoms with van der Waals surface area (Å²) in [5.41, 5.74) is 0. The van der Waals surface area contributed by atoms with Crippen molar-refractivity contribution in [1.29, 1.82) is 0 Å². The van der Waals surface area contributed by atoms with Crippen LogP contribution in [0.3, 0.4) is 0 Å². The molecule has 0 fully saturated rings. The highest BCUT2D eigenvalue weighted by Crippen LogP contribution is 2.06. The highest BCUT2D eigenvalue weighted by atomic mass is 16.7. The van der Waals surface area contributed by atoms with Crippen LogP contribution in [0.25, 0.3) is 0 Å². The minimum atomic E-state index is -1.47. The molecule has 0 aliphatic rings. The van der Waals surface area contributed by atoms with Crippen molar-refractivity contribution in [1.82, 2.24) is 0 Å². The summed E-state index contributed by atoms with van der Waals surface area (Å²) in [6, 6.07) is 0. The van der Waals surface area contributed by atoms with Crippen LogP contribution in [0.1, 0.15) is 71.1 Å². The number of ether oxygens (including phenoxy) is 3. The van der Waals surface area contributed by atoms with Gasteiger partial charge in [0.05, 0.1) is 34.4 Å². The molecule has 2 N–H and O–H groups in total. The van der Waals surface area contributed by atoms with Crippen molar-refractivity contribution in [2.75, 3.05) is 47.5 Å². The predicted molar refractivity (Wildman–Crippen MR) is 161 cm³/mol. The minimum Gasteiger partial charge on any atom is -0.477 e. The molecule has 0 aromatic carbocycles. The number of aliphatic hydroxyl groups excluding tert-OH is 1. The standard InChI is InChI=1S/C32H53NO7/c1-5-6-7-8-9-10-11-12-13-14-15-16-17-18-19-20-21-22-23-24-30(35)39-27-29(34)28-40-32(31(36)37)38-26-25-33(2,3)4/h6-7,9-10,12-13,15-16,18-19,29,32,34H,5,8,11,14,17,20-28H2,1-4H3/p+1/b7-6-,10-9-,13-12-,16-15-,19-18-. The molecule has 8 nitrogen and oxygen atoms in total. The van der Waals surface area contributed by atoms with Gasteiger partial charge in [-0.3, -0.25) is 4.79 Å². The van der Waals surface area contributed by atoms with Gasteiger partial charge in [0.2, 0.25) is 0 Å². The fraction of sp³-hybridized carbons (Fsp3) is 0.625. The number of allylic oxidation sites excluding steroid dienone is 10. The van der Waals surface area contributed by atoms with E-state index in [1.54, 1.807) is 0 Å². The van der Waals surface area contributed by atoms with Crippen LogP contribution in [-0.2, 0) is 23.8 Å². The molecule has 0 aliphatic carbocycles. The van der Waals surface area contributed by atoms with Crippen molar-refractivity contribution in [3.63, 3.8) is 0 Å². The van der Waals surface area contributed by atoms with E-state index in [1.165, 1.54) is 0 Å². The Morgan fingerprint density at radius 2 is 1.30 bits per heavy atom. The van der Waals surface area contributed by atoms with Gasteiger partial charge in [0.25, 0.3) is 6.29 Å². The third kappa shape index (κ3) is 27.1. The van der Waals surface area contributed by atoms with Gasteiger partial charge >= 0.3 is 11.9 Å². The molecule has 2 unspecified atom stereocenters. The van der Waals surface area contributed by atoms with Gasteiger partial charge in [0.15, 0.2) is 0 Å². The van der Waals surface area contributed by atoms with Gasteiger partial charge in [0.1, 0.15) is 19.3 Å². The van der Waals surface area contributed by atoms with Gasteiger partial charge in [-0.15, -0.1) is 0 Å². The van der Waals surface area contributed by atoms with Crippen LogP contribution < -0.4 is 0 Å². The Morgan fingerprint density at radius 1 is 0.750 bits per heavy atom. The van der Waals surface area contributed by atoms with E-state index >= 15 is 0 Å². The highest BCUT2D eigenvalue weighted by molar-refractivity contribution is 5.70. The van der Waals surface area contributed by atoms with Crippen LogP contribution in [0.2, 0.25) is 0 Å². The predicted octanol–water partition coefficient (Wildman–Crippen LogP) is 5.74. The lowest BCUT2D eigenvalue weighted by Crippen LogP contribution is -2.40. The quantitative estimate of drug-likeness (QED) is 0.0479. The zero-order chi connectivity index (χ0) is 29.9. The first kappa shape index (κ1) is 37.5. The van der Waals surface area contributed by atoms with Crippen molar-refractivity contribution in [3.05, 3.63) is 60.8 Å². The molecule has 228 valence electrons. The maximum Gasteiger partial charge on any atom is 0.361 e. The maximum atomic E-state index is 11.9. The average Bonchev–Trinajstić information content (AvgIpc) is 2.89. The zero-order valence-electron chi connectivity index (χ0n) is 25.2. The summed E-state index contributed by atoms with van der Waals surface area (Å²) in [4.78, 5) is 23.1. The van der Waals surface area contributed by atoms with Crippen molar-refractivity contribution >= 4 is 11.9 Å². The third-order valence-corrected chi connectivity index (χ3v) is 5.52. The van der Waals surface area contributed by atoms with Gasteiger partial charge in [-0.2, -0.15) is 0 Å². The van der Waals surface area contributed by atoms with E-state index in [9.17, 15) is 19.8 Å². The van der Waals surface area contributed by atoms with E-state index in [0.717, 1.165) is 57.8 Å². The molecule has 0 radical (unpaired) electrons. The van der Waals surface area contributed by atoms with Crippen LogP contribution in [0.15, 0.2) is 60.8 Å². The number of carbonyl (C=O) groups is 2. The second-order valence-electron chi connectivity index (χ2n) is 10.5. The molecule has 0 aromatic heterocycles. The van der Waals surface area contributed by atoms with Gasteiger partial charge in [-0.1, -0.05) is 74.1 Å². The van der Waals surface area contributed by atoms with Crippen LogP contribution in [0.5, 0.6) is 0 Å². The second-order valence-corrected chi connectivity index (χ2v) is 10.5. The highest BCUT2D eigenvalue weighted by Gasteiger charge is 2.22. The molecule has 0 bridgehead atoms. The first-order chi connectivity index (χ1) is 19.2. The largest absolute Gasteiger partial charge is 0.477 e. The molecule has 0 aromatic rings. The Bertz CT molecular complexity index is 794. The molecule has 0 heterocycles. The molecule has 0 aliphatic heterocycles. The van der Waals surface area contributed by atoms with Crippen molar-refractivity contribution in [3.8, 4) is 0 Å². The van der Waals surface area contributed by atoms with E-state index in [1.807, 2.05) is 21.1 Å². The summed E-state index contributed by atoms with van der Waals surface area (Å²) in [7, 11) is 5.89. The number of aliphatic carboxylic acids is 1. The monoisotopic (exact) mass is 564 g/mol. The van der Waals surface area contributed by atoms with E-state index < -0.39 is 18.4 Å². The van der Waals surface area contributed by atoms with Gasteiger partial charge in [-0.05, 0) is 51.4 Å². The van der Waals surface area contributed by atoms with Crippen LogP contribution >= 0.6 is 0 Å². The van der Waals surface area contributed by atoms with E-state index in [2.05, 4.69) is 67.7 Å². The maximum absolute atomic E-state index is 11.9. The Hall–Kier alpha value is -2.52. The van der Waals surface area contributed by atoms with E-state index in [-0.39, 0.29) is 32.2 Å². The normalized spacial score (nSPS) is 14.3. The number of carboxylic acid groups (broad SMARTS) is 1. The van der Waals surface area contributed by atoms with Crippen LogP contribution in [0.4, 0.5) is 0 Å². The van der Waals surface area contributed by atoms with Gasteiger partial charge < -0.3 is 28.9 Å². The Labute approximate surface area is 242 Å². The van der Waals surface area contributed by atoms with E-state index in [0.29, 0.717) is 11.0 Å². The lowest BCUT2D eigenvalue weighted by molar-refractivity contribution is -0.870. The number of rotatable bonds is 25. The summed E-state index contributed by atoms with van der Waals surface area (Å²) in [5, 5.41) is 19.1. The number of hydrogen-bond acceptors (Lipinski definition) is 6. The molecule has 0 saturated heterocycles. The molecule has 0 spiro atoms. The summed E-state index contributed by atoms with van der Waals surface area (Å²) in [6.07, 6.45) is 28.1. The number of carboxylic acids is 1. The fourth-order valence-corrected chi connectivity index (χ4v) is 3.21. The molecule has 0 rings (SSSR count). The smallest absolute Gasteiger partial charge is 0.361 e. The van der Waals surface area contributed by atoms with Gasteiger partial charge in [0, 0.05) is 6.42 Å². The number of likely N-dealkylation sites (N-methyl/N-ethyl adjacent to an activating group) is 1. The average molecular weight is 565 g/mol. The molecular formula is C32H54NO7+. The number of nitrogens with zero attached hydrogens (tertiary/aromatic N) is 1. The fourth-order valence-electron chi connectivity index (χ4n) is 3.21. The number of esters is 1. The number of carbonyl (C=O) groups excluding carboxylic acids is 1. The van der Waals surface area contributed by atoms with Crippen molar-refractivity contribution in [2.45, 2.75) is 83.5 Å². The lowest BCUT2D eigenvalue weighted by atomic mass is 10.1. The SMILES string of the molecule is CC/C=C\C/C=C\C/C=C\C/C=C\C/C=C\CCCCCC(=O)OCC(O)COC(OCC[N+](C)(C)C)C(=O)O. The van der Waals surface area contributed by atoms with E-state index in [4.69, 9.17) is 14.2 Å². The molecule has 2 atom stereocenters. The molecule has 40 heavy (non-hydrogen) atoms. The van der Waals surface area contributed by atoms with Crippen LogP contribution in [0, 0.1) is 0 Å². The Kier molecular flexibility index (Phi) is 23.8. The number of quaternary nitrogens is 1. The lowest BCUT2D eigenvalue weighted by Gasteiger charge is -2.24. The Morgan fingerprint density at radius 3 is 1.82 bits per heavy atom. The van der Waals surface area contributed by atoms with Crippen molar-refractivity contribution in [2.24, 2.45) is 0 Å². The summed E-state index contributed by atoms with van der Waals surface area (Å²) >= 11 is 0. The third-order valence-electron chi connectivity index (χ3n) is 5.52. The first-order valence-electron chi connectivity index (χ1n) is 14.5. The topological polar surface area (TPSA) is 102 Å². The van der Waals surface area contributed by atoms with Crippen molar-refractivity contribution < 1.29 is 38.5 Å². The number of aliphatic hydroxyl groups is 1.